The maximum Gasteiger partial charge on any atom is 0.156 e. The molecule has 0 aromatic rings. The van der Waals surface area contributed by atoms with E-state index in [1.54, 1.807) is 20.8 Å². The Morgan fingerprint density at radius 1 is 1.21 bits per heavy atom. The highest BCUT2D eigenvalue weighted by Gasteiger charge is 2.28. The van der Waals surface area contributed by atoms with E-state index in [1.165, 1.54) is 0 Å². The molecule has 0 unspecified atom stereocenters. The van der Waals surface area contributed by atoms with Crippen LogP contribution in [-0.2, 0) is 9.84 Å². The van der Waals surface area contributed by atoms with Gasteiger partial charge in [0.25, 0.3) is 0 Å². The summed E-state index contributed by atoms with van der Waals surface area (Å²) < 4.78 is 22.7. The number of sulfone groups is 1. The van der Waals surface area contributed by atoms with E-state index >= 15 is 0 Å². The van der Waals surface area contributed by atoms with Crippen LogP contribution in [0.2, 0.25) is 0 Å². The Morgan fingerprint density at radius 3 is 2.07 bits per heavy atom. The van der Waals surface area contributed by atoms with Crippen LogP contribution in [0.1, 0.15) is 20.8 Å². The Hall–Kier alpha value is 0.200. The molecule has 0 aromatic carbocycles. The van der Waals surface area contributed by atoms with Crippen LogP contribution >= 0.6 is 11.6 Å². The predicted octanol–water partition coefficient (Wildman–Crippen LogP) is 1.37. The summed E-state index contributed by atoms with van der Waals surface area (Å²) in [4.78, 5) is 1.93. The summed E-state index contributed by atoms with van der Waals surface area (Å²) in [6.45, 7) is 6.45. The Morgan fingerprint density at radius 2 is 1.71 bits per heavy atom. The number of halogens is 1. The van der Waals surface area contributed by atoms with Crippen molar-refractivity contribution >= 4 is 21.4 Å². The topological polar surface area (TPSA) is 37.4 Å². The van der Waals surface area contributed by atoms with Gasteiger partial charge in [-0.05, 0) is 27.8 Å². The normalized spacial score (nSPS) is 13.6. The molecule has 86 valence electrons. The Balaban J connectivity index is 4.14. The van der Waals surface area contributed by atoms with Crippen molar-refractivity contribution in [2.24, 2.45) is 0 Å². The van der Waals surface area contributed by atoms with Crippen molar-refractivity contribution in [2.75, 3.05) is 31.8 Å². The van der Waals surface area contributed by atoms with Gasteiger partial charge < -0.3 is 4.90 Å². The number of hydrogen-bond donors (Lipinski definition) is 0. The van der Waals surface area contributed by atoms with Crippen LogP contribution in [0.25, 0.3) is 0 Å². The molecule has 0 bridgehead atoms. The van der Waals surface area contributed by atoms with Gasteiger partial charge in [-0.1, -0.05) is 0 Å². The molecular formula is C9H20ClNO2S. The Kier molecular flexibility index (Phi) is 5.41. The molecule has 0 aliphatic rings. The van der Waals surface area contributed by atoms with E-state index in [9.17, 15) is 8.42 Å². The average Bonchev–Trinajstić information content (AvgIpc) is 1.99. The fraction of sp³-hybridized carbons (Fsp3) is 1.00. The van der Waals surface area contributed by atoms with Crippen LogP contribution in [-0.4, -0.2) is 49.8 Å². The van der Waals surface area contributed by atoms with Crippen molar-refractivity contribution in [3.63, 3.8) is 0 Å². The molecule has 0 heterocycles. The van der Waals surface area contributed by atoms with Crippen LogP contribution in [0, 0.1) is 0 Å². The molecule has 3 nitrogen and oxygen atoms in total. The lowest BCUT2D eigenvalue weighted by atomic mass is 10.3. The van der Waals surface area contributed by atoms with Crippen LogP contribution in [0.3, 0.4) is 0 Å². The second-order valence-electron chi connectivity index (χ2n) is 4.42. The number of alkyl halides is 1. The largest absolute Gasteiger partial charge is 0.304 e. The van der Waals surface area contributed by atoms with Crippen molar-refractivity contribution in [1.29, 1.82) is 0 Å². The van der Waals surface area contributed by atoms with Gasteiger partial charge in [-0.25, -0.2) is 8.42 Å². The molecule has 0 rings (SSSR count). The zero-order valence-electron chi connectivity index (χ0n) is 9.38. The minimum atomic E-state index is -3.00. The molecule has 0 spiro atoms. The second-order valence-corrected chi connectivity index (χ2v) is 7.66. The third kappa shape index (κ3) is 4.62. The van der Waals surface area contributed by atoms with E-state index < -0.39 is 14.6 Å². The summed E-state index contributed by atoms with van der Waals surface area (Å²) in [5.41, 5.74) is 0. The highest BCUT2D eigenvalue weighted by molar-refractivity contribution is 7.92. The standard InChI is InChI=1S/C9H20ClNO2S/c1-9(2,3)14(12,13)8-7-11(4)6-5-10/h5-8H2,1-4H3. The Labute approximate surface area is 92.3 Å². The molecule has 14 heavy (non-hydrogen) atoms. The summed E-state index contributed by atoms with van der Waals surface area (Å²) in [6, 6.07) is 0. The molecule has 0 fully saturated rings. The summed E-state index contributed by atoms with van der Waals surface area (Å²) in [6.07, 6.45) is 0. The van der Waals surface area contributed by atoms with Crippen molar-refractivity contribution < 1.29 is 8.42 Å². The molecule has 0 N–H and O–H groups in total. The zero-order chi connectivity index (χ0) is 11.4. The predicted molar refractivity (Wildman–Crippen MR) is 61.8 cm³/mol. The van der Waals surface area contributed by atoms with E-state index in [0.717, 1.165) is 6.54 Å². The summed E-state index contributed by atoms with van der Waals surface area (Å²) in [5.74, 6) is 0.732. The minimum absolute atomic E-state index is 0.198. The first-order chi connectivity index (χ1) is 6.20. The van der Waals surface area contributed by atoms with Gasteiger partial charge in [0.2, 0.25) is 0 Å². The fourth-order valence-electron chi connectivity index (χ4n) is 0.838. The lowest BCUT2D eigenvalue weighted by molar-refractivity contribution is 0.374. The third-order valence-electron chi connectivity index (χ3n) is 2.14. The highest BCUT2D eigenvalue weighted by Crippen LogP contribution is 2.15. The molecule has 0 amide bonds. The smallest absolute Gasteiger partial charge is 0.156 e. The van der Waals surface area contributed by atoms with Crippen molar-refractivity contribution in [3.05, 3.63) is 0 Å². The van der Waals surface area contributed by atoms with E-state index in [2.05, 4.69) is 0 Å². The molecule has 0 radical (unpaired) electrons. The van der Waals surface area contributed by atoms with Crippen molar-refractivity contribution in [1.82, 2.24) is 4.90 Å². The summed E-state index contributed by atoms with van der Waals surface area (Å²) in [5, 5.41) is 0. The van der Waals surface area contributed by atoms with Gasteiger partial charge in [0.05, 0.1) is 10.5 Å². The first kappa shape index (κ1) is 14.2. The molecular weight excluding hydrogens is 222 g/mol. The summed E-state index contributed by atoms with van der Waals surface area (Å²) in [7, 11) is -1.12. The van der Waals surface area contributed by atoms with Gasteiger partial charge >= 0.3 is 0 Å². The monoisotopic (exact) mass is 241 g/mol. The van der Waals surface area contributed by atoms with Crippen LogP contribution in [0.15, 0.2) is 0 Å². The number of nitrogens with zero attached hydrogens (tertiary/aromatic N) is 1. The van der Waals surface area contributed by atoms with Crippen LogP contribution < -0.4 is 0 Å². The Bertz CT molecular complexity index is 256. The first-order valence-corrected chi connectivity index (χ1v) is 6.86. The van der Waals surface area contributed by atoms with Crippen LogP contribution in [0.4, 0.5) is 0 Å². The quantitative estimate of drug-likeness (QED) is 0.683. The van der Waals surface area contributed by atoms with Crippen LogP contribution in [0.5, 0.6) is 0 Å². The second kappa shape index (κ2) is 5.33. The van der Waals surface area contributed by atoms with E-state index in [4.69, 9.17) is 11.6 Å². The lowest BCUT2D eigenvalue weighted by Gasteiger charge is -2.21. The van der Waals surface area contributed by atoms with Gasteiger partial charge in [0.15, 0.2) is 9.84 Å². The maximum absolute atomic E-state index is 11.7. The van der Waals surface area contributed by atoms with Gasteiger partial charge in [-0.2, -0.15) is 0 Å². The lowest BCUT2D eigenvalue weighted by Crippen LogP contribution is -2.35. The minimum Gasteiger partial charge on any atom is -0.304 e. The van der Waals surface area contributed by atoms with Gasteiger partial charge in [-0.15, -0.1) is 11.6 Å². The SMILES string of the molecule is CN(CCCl)CCS(=O)(=O)C(C)(C)C. The average molecular weight is 242 g/mol. The zero-order valence-corrected chi connectivity index (χ0v) is 11.0. The fourth-order valence-corrected chi connectivity index (χ4v) is 2.29. The molecule has 5 heteroatoms. The van der Waals surface area contributed by atoms with Gasteiger partial charge in [0.1, 0.15) is 0 Å². The highest BCUT2D eigenvalue weighted by atomic mass is 35.5. The molecule has 0 aromatic heterocycles. The van der Waals surface area contributed by atoms with Crippen molar-refractivity contribution in [2.45, 2.75) is 25.5 Å². The van der Waals surface area contributed by atoms with Gasteiger partial charge in [-0.3, -0.25) is 0 Å². The first-order valence-electron chi connectivity index (χ1n) is 4.67. The molecule has 0 aliphatic carbocycles. The van der Waals surface area contributed by atoms with E-state index in [1.807, 2.05) is 11.9 Å². The van der Waals surface area contributed by atoms with E-state index in [0.29, 0.717) is 12.4 Å². The molecule has 0 aliphatic heterocycles. The maximum atomic E-state index is 11.7. The third-order valence-corrected chi connectivity index (χ3v) is 4.90. The number of hydrogen-bond acceptors (Lipinski definition) is 3. The summed E-state index contributed by atoms with van der Waals surface area (Å²) >= 11 is 5.55. The molecule has 0 saturated heterocycles. The molecule has 0 atom stereocenters. The van der Waals surface area contributed by atoms with Crippen molar-refractivity contribution in [3.8, 4) is 0 Å². The van der Waals surface area contributed by atoms with Gasteiger partial charge in [0, 0.05) is 19.0 Å². The van der Waals surface area contributed by atoms with E-state index in [-0.39, 0.29) is 5.75 Å². The molecule has 0 saturated carbocycles. The number of rotatable bonds is 5.